The minimum absolute atomic E-state index is 0.169. The Morgan fingerprint density at radius 3 is 2.10 bits per heavy atom. The summed E-state index contributed by atoms with van der Waals surface area (Å²) < 4.78 is 0. The predicted molar refractivity (Wildman–Crippen MR) is 84.0 cm³/mol. The van der Waals surface area contributed by atoms with Gasteiger partial charge in [0.05, 0.1) is 0 Å². The molecule has 1 aliphatic rings. The van der Waals surface area contributed by atoms with Gasteiger partial charge in [0, 0.05) is 11.2 Å². The van der Waals surface area contributed by atoms with E-state index in [1.54, 1.807) is 0 Å². The van der Waals surface area contributed by atoms with Gasteiger partial charge in [-0.1, -0.05) is 19.1 Å². The number of benzene rings is 1. The Bertz CT molecular complexity index is 537. The molecule has 1 aromatic rings. The fraction of sp³-hybridized carbons (Fsp3) is 0.529. The molecule has 2 amide bonds. The third-order valence-electron chi connectivity index (χ3n) is 3.73. The third kappa shape index (κ3) is 3.63. The fourth-order valence-corrected chi connectivity index (χ4v) is 2.22. The van der Waals surface area contributed by atoms with Crippen LogP contribution >= 0.6 is 0 Å². The van der Waals surface area contributed by atoms with Crippen molar-refractivity contribution in [1.82, 2.24) is 5.32 Å². The van der Waals surface area contributed by atoms with Crippen LogP contribution in [0, 0.1) is 5.41 Å². The molecule has 0 aliphatic heterocycles. The van der Waals surface area contributed by atoms with E-state index in [0.717, 1.165) is 12.1 Å². The number of hydrogen-bond donors (Lipinski definition) is 2. The van der Waals surface area contributed by atoms with E-state index >= 15 is 0 Å². The number of rotatable bonds is 4. The Morgan fingerprint density at radius 1 is 1.10 bits per heavy atom. The number of anilines is 1. The number of nitrogens with one attached hydrogen (secondary N) is 2. The highest BCUT2D eigenvalue weighted by atomic mass is 16.2. The highest BCUT2D eigenvalue weighted by Gasteiger charge is 2.57. The molecule has 0 aromatic heterocycles. The summed E-state index contributed by atoms with van der Waals surface area (Å²) in [6, 6.07) is 7.75. The normalized spacial score (nSPS) is 16.2. The van der Waals surface area contributed by atoms with Gasteiger partial charge >= 0.3 is 0 Å². The Labute approximate surface area is 126 Å². The second-order valence-corrected chi connectivity index (χ2v) is 6.79. The van der Waals surface area contributed by atoms with E-state index in [0.29, 0.717) is 12.8 Å². The molecule has 0 unspecified atom stereocenters. The molecule has 0 atom stereocenters. The summed E-state index contributed by atoms with van der Waals surface area (Å²) in [5.41, 5.74) is 0.763. The highest BCUT2D eigenvalue weighted by Crippen LogP contribution is 2.47. The lowest BCUT2D eigenvalue weighted by molar-refractivity contribution is -0.135. The van der Waals surface area contributed by atoms with E-state index in [1.165, 1.54) is 5.56 Å². The van der Waals surface area contributed by atoms with Gasteiger partial charge in [0.2, 0.25) is 11.8 Å². The first kappa shape index (κ1) is 15.5. The van der Waals surface area contributed by atoms with Gasteiger partial charge in [-0.3, -0.25) is 9.59 Å². The van der Waals surface area contributed by atoms with Gasteiger partial charge in [-0.25, -0.2) is 0 Å². The van der Waals surface area contributed by atoms with Gasteiger partial charge in [-0.2, -0.15) is 0 Å². The quantitative estimate of drug-likeness (QED) is 0.837. The molecule has 21 heavy (non-hydrogen) atoms. The lowest BCUT2D eigenvalue weighted by Gasteiger charge is -2.24. The number of hydrogen-bond acceptors (Lipinski definition) is 2. The van der Waals surface area contributed by atoms with E-state index in [9.17, 15) is 9.59 Å². The molecule has 1 aliphatic carbocycles. The standard InChI is InChI=1S/C17H24N2O2/c1-5-12-6-8-13(9-7-12)18-14(20)17(10-11-17)15(21)19-16(2,3)4/h6-9H,5,10-11H2,1-4H3,(H,18,20)(H,19,21). The molecular formula is C17H24N2O2. The molecule has 0 saturated heterocycles. The smallest absolute Gasteiger partial charge is 0.240 e. The van der Waals surface area contributed by atoms with E-state index in [-0.39, 0.29) is 17.4 Å². The van der Waals surface area contributed by atoms with E-state index in [4.69, 9.17) is 0 Å². The predicted octanol–water partition coefficient (Wildman–Crippen LogP) is 2.88. The van der Waals surface area contributed by atoms with Crippen LogP contribution < -0.4 is 10.6 Å². The van der Waals surface area contributed by atoms with Crippen molar-refractivity contribution < 1.29 is 9.59 Å². The molecule has 2 rings (SSSR count). The summed E-state index contributed by atoms with van der Waals surface area (Å²) in [5, 5.41) is 5.77. The van der Waals surface area contributed by atoms with Crippen LogP contribution in [0.3, 0.4) is 0 Å². The van der Waals surface area contributed by atoms with Crippen LogP contribution in [0.4, 0.5) is 5.69 Å². The van der Waals surface area contributed by atoms with E-state index in [1.807, 2.05) is 45.0 Å². The van der Waals surface area contributed by atoms with E-state index in [2.05, 4.69) is 17.6 Å². The van der Waals surface area contributed by atoms with Crippen LogP contribution in [0.1, 0.15) is 46.1 Å². The van der Waals surface area contributed by atoms with Crippen LogP contribution in [-0.4, -0.2) is 17.4 Å². The van der Waals surface area contributed by atoms with Crippen LogP contribution in [-0.2, 0) is 16.0 Å². The van der Waals surface area contributed by atoms with Gasteiger partial charge in [0.25, 0.3) is 0 Å². The van der Waals surface area contributed by atoms with Gasteiger partial charge in [-0.05, 0) is 57.7 Å². The van der Waals surface area contributed by atoms with Crippen molar-refractivity contribution >= 4 is 17.5 Å². The molecule has 0 bridgehead atoms. The second kappa shape index (κ2) is 5.51. The first-order valence-corrected chi connectivity index (χ1v) is 7.50. The zero-order chi connectivity index (χ0) is 15.7. The van der Waals surface area contributed by atoms with Crippen molar-refractivity contribution in [3.05, 3.63) is 29.8 Å². The maximum Gasteiger partial charge on any atom is 0.240 e. The molecule has 1 aromatic carbocycles. The Kier molecular flexibility index (Phi) is 4.08. The molecule has 4 heteroatoms. The van der Waals surface area contributed by atoms with Gasteiger partial charge in [-0.15, -0.1) is 0 Å². The zero-order valence-corrected chi connectivity index (χ0v) is 13.2. The first-order valence-electron chi connectivity index (χ1n) is 7.50. The van der Waals surface area contributed by atoms with Crippen LogP contribution in [0.2, 0.25) is 0 Å². The number of carbonyl (C=O) groups excluding carboxylic acids is 2. The van der Waals surface area contributed by atoms with Crippen molar-refractivity contribution in [2.24, 2.45) is 5.41 Å². The average Bonchev–Trinajstić information content (AvgIpc) is 3.19. The summed E-state index contributed by atoms with van der Waals surface area (Å²) in [4.78, 5) is 24.7. The number of carbonyl (C=O) groups is 2. The average molecular weight is 288 g/mol. The van der Waals surface area contributed by atoms with Crippen molar-refractivity contribution in [2.75, 3.05) is 5.32 Å². The minimum atomic E-state index is -0.878. The largest absolute Gasteiger partial charge is 0.351 e. The van der Waals surface area contributed by atoms with Crippen molar-refractivity contribution in [1.29, 1.82) is 0 Å². The molecule has 4 nitrogen and oxygen atoms in total. The van der Waals surface area contributed by atoms with E-state index < -0.39 is 5.41 Å². The monoisotopic (exact) mass is 288 g/mol. The zero-order valence-electron chi connectivity index (χ0n) is 13.2. The first-order chi connectivity index (χ1) is 9.77. The summed E-state index contributed by atoms with van der Waals surface area (Å²) in [5.74, 6) is -0.369. The maximum absolute atomic E-state index is 12.4. The fourth-order valence-electron chi connectivity index (χ4n) is 2.22. The molecule has 1 fully saturated rings. The Balaban J connectivity index is 2.03. The lowest BCUT2D eigenvalue weighted by Crippen LogP contribution is -2.48. The van der Waals surface area contributed by atoms with Crippen molar-refractivity contribution in [3.63, 3.8) is 0 Å². The van der Waals surface area contributed by atoms with Gasteiger partial charge in [0.15, 0.2) is 0 Å². The Hall–Kier alpha value is -1.84. The molecule has 0 spiro atoms. The Morgan fingerprint density at radius 2 is 1.67 bits per heavy atom. The topological polar surface area (TPSA) is 58.2 Å². The van der Waals surface area contributed by atoms with Gasteiger partial charge < -0.3 is 10.6 Å². The molecule has 0 heterocycles. The molecule has 114 valence electrons. The van der Waals surface area contributed by atoms with Crippen molar-refractivity contribution in [2.45, 2.75) is 52.5 Å². The van der Waals surface area contributed by atoms with Crippen LogP contribution in [0.5, 0.6) is 0 Å². The second-order valence-electron chi connectivity index (χ2n) is 6.79. The molecule has 2 N–H and O–H groups in total. The number of aryl methyl sites for hydroxylation is 1. The third-order valence-corrected chi connectivity index (χ3v) is 3.73. The summed E-state index contributed by atoms with van der Waals surface area (Å²) in [7, 11) is 0. The molecule has 0 radical (unpaired) electrons. The van der Waals surface area contributed by atoms with Crippen LogP contribution in [0.25, 0.3) is 0 Å². The SMILES string of the molecule is CCc1ccc(NC(=O)C2(C(=O)NC(C)(C)C)CC2)cc1. The molecule has 1 saturated carbocycles. The summed E-state index contributed by atoms with van der Waals surface area (Å²) >= 11 is 0. The van der Waals surface area contributed by atoms with Gasteiger partial charge in [0.1, 0.15) is 5.41 Å². The summed E-state index contributed by atoms with van der Waals surface area (Å²) in [6.45, 7) is 7.84. The highest BCUT2D eigenvalue weighted by molar-refractivity contribution is 6.13. The number of amides is 2. The minimum Gasteiger partial charge on any atom is -0.351 e. The summed E-state index contributed by atoms with van der Waals surface area (Å²) in [6.07, 6.45) is 2.20. The van der Waals surface area contributed by atoms with Crippen molar-refractivity contribution in [3.8, 4) is 0 Å². The maximum atomic E-state index is 12.4. The molecular weight excluding hydrogens is 264 g/mol. The lowest BCUT2D eigenvalue weighted by atomic mass is 10.0. The van der Waals surface area contributed by atoms with Crippen LogP contribution in [0.15, 0.2) is 24.3 Å².